The Morgan fingerprint density at radius 3 is 2.79 bits per heavy atom. The van der Waals surface area contributed by atoms with Crippen LogP contribution in [0.25, 0.3) is 0 Å². The maximum atomic E-state index is 13.7. The summed E-state index contributed by atoms with van der Waals surface area (Å²) >= 11 is 0. The first-order chi connectivity index (χ1) is 9.08. The molecular formula is C14H15FN4. The highest BCUT2D eigenvalue weighted by atomic mass is 19.1. The quantitative estimate of drug-likeness (QED) is 0.843. The van der Waals surface area contributed by atoms with Crippen molar-refractivity contribution in [3.8, 4) is 6.07 Å². The summed E-state index contributed by atoms with van der Waals surface area (Å²) in [5.41, 5.74) is 2.01. The zero-order valence-electron chi connectivity index (χ0n) is 11.0. The van der Waals surface area contributed by atoms with Crippen LogP contribution in [0.1, 0.15) is 16.7 Å². The second kappa shape index (κ2) is 5.63. The predicted octanol–water partition coefficient (Wildman–Crippen LogP) is 2.06. The second-order valence-corrected chi connectivity index (χ2v) is 4.61. The first kappa shape index (κ1) is 13.2. The Morgan fingerprint density at radius 2 is 2.21 bits per heavy atom. The lowest BCUT2D eigenvalue weighted by Crippen LogP contribution is -2.17. The highest BCUT2D eigenvalue weighted by Crippen LogP contribution is 2.13. The monoisotopic (exact) mass is 258 g/mol. The molecule has 1 aromatic heterocycles. The molecular weight excluding hydrogens is 243 g/mol. The van der Waals surface area contributed by atoms with Crippen LogP contribution in [0.5, 0.6) is 0 Å². The maximum absolute atomic E-state index is 13.7. The molecule has 0 amide bonds. The van der Waals surface area contributed by atoms with Crippen molar-refractivity contribution >= 4 is 0 Å². The smallest absolute Gasteiger partial charge is 0.129 e. The predicted molar refractivity (Wildman–Crippen MR) is 69.5 cm³/mol. The van der Waals surface area contributed by atoms with Gasteiger partial charge in [-0.3, -0.25) is 9.58 Å². The van der Waals surface area contributed by atoms with E-state index in [0.717, 1.165) is 5.56 Å². The lowest BCUT2D eigenvalue weighted by molar-refractivity contribution is 0.313. The van der Waals surface area contributed by atoms with E-state index in [1.165, 1.54) is 6.07 Å². The van der Waals surface area contributed by atoms with E-state index in [1.807, 2.05) is 31.3 Å². The summed E-state index contributed by atoms with van der Waals surface area (Å²) in [7, 11) is 3.79. The highest BCUT2D eigenvalue weighted by Gasteiger charge is 2.08. The molecule has 0 atom stereocenters. The Hall–Kier alpha value is -2.19. The van der Waals surface area contributed by atoms with Crippen molar-refractivity contribution in [3.05, 3.63) is 53.1 Å². The third kappa shape index (κ3) is 3.39. The van der Waals surface area contributed by atoms with Crippen molar-refractivity contribution in [1.29, 1.82) is 5.26 Å². The molecule has 1 heterocycles. The summed E-state index contributed by atoms with van der Waals surface area (Å²) in [5, 5.41) is 12.8. The Balaban J connectivity index is 2.03. The van der Waals surface area contributed by atoms with Crippen LogP contribution in [0.3, 0.4) is 0 Å². The molecule has 2 rings (SSSR count). The zero-order valence-corrected chi connectivity index (χ0v) is 11.0. The highest BCUT2D eigenvalue weighted by molar-refractivity contribution is 5.32. The number of hydrogen-bond acceptors (Lipinski definition) is 3. The summed E-state index contributed by atoms with van der Waals surface area (Å²) < 4.78 is 15.5. The number of nitrogens with zero attached hydrogens (tertiary/aromatic N) is 4. The molecule has 4 nitrogen and oxygen atoms in total. The van der Waals surface area contributed by atoms with Crippen molar-refractivity contribution < 1.29 is 4.39 Å². The number of halogens is 1. The van der Waals surface area contributed by atoms with Crippen LogP contribution < -0.4 is 0 Å². The van der Waals surface area contributed by atoms with Gasteiger partial charge in [0.15, 0.2) is 0 Å². The van der Waals surface area contributed by atoms with E-state index in [4.69, 9.17) is 5.26 Å². The van der Waals surface area contributed by atoms with Gasteiger partial charge < -0.3 is 0 Å². The average Bonchev–Trinajstić information content (AvgIpc) is 2.77. The van der Waals surface area contributed by atoms with E-state index in [9.17, 15) is 4.39 Å². The first-order valence-corrected chi connectivity index (χ1v) is 5.93. The molecule has 2 aromatic rings. The third-order valence-electron chi connectivity index (χ3n) is 2.83. The number of nitriles is 1. The van der Waals surface area contributed by atoms with Crippen LogP contribution in [0, 0.1) is 17.1 Å². The van der Waals surface area contributed by atoms with Gasteiger partial charge in [0.2, 0.25) is 0 Å². The Labute approximate surface area is 111 Å². The third-order valence-corrected chi connectivity index (χ3v) is 2.83. The zero-order chi connectivity index (χ0) is 13.8. The Kier molecular flexibility index (Phi) is 3.93. The van der Waals surface area contributed by atoms with Crippen molar-refractivity contribution in [2.24, 2.45) is 7.05 Å². The van der Waals surface area contributed by atoms with Crippen molar-refractivity contribution in [2.75, 3.05) is 7.05 Å². The first-order valence-electron chi connectivity index (χ1n) is 5.93. The van der Waals surface area contributed by atoms with Crippen LogP contribution in [0.2, 0.25) is 0 Å². The minimum atomic E-state index is -0.336. The molecule has 19 heavy (non-hydrogen) atoms. The fourth-order valence-electron chi connectivity index (χ4n) is 1.96. The molecule has 98 valence electrons. The van der Waals surface area contributed by atoms with Gasteiger partial charge in [0.1, 0.15) is 5.82 Å². The number of hydrogen-bond donors (Lipinski definition) is 0. The van der Waals surface area contributed by atoms with E-state index in [2.05, 4.69) is 5.10 Å². The maximum Gasteiger partial charge on any atom is 0.129 e. The topological polar surface area (TPSA) is 44.9 Å². The van der Waals surface area contributed by atoms with E-state index in [0.29, 0.717) is 24.2 Å². The van der Waals surface area contributed by atoms with Gasteiger partial charge in [-0.05, 0) is 19.2 Å². The van der Waals surface area contributed by atoms with Crippen molar-refractivity contribution in [3.63, 3.8) is 0 Å². The van der Waals surface area contributed by atoms with Gasteiger partial charge in [0, 0.05) is 37.5 Å². The van der Waals surface area contributed by atoms with E-state index < -0.39 is 0 Å². The summed E-state index contributed by atoms with van der Waals surface area (Å²) in [4.78, 5) is 2.00. The molecule has 0 saturated heterocycles. The number of aryl methyl sites for hydroxylation is 1. The molecule has 0 radical (unpaired) electrons. The van der Waals surface area contributed by atoms with Gasteiger partial charge in [-0.15, -0.1) is 0 Å². The van der Waals surface area contributed by atoms with E-state index in [1.54, 1.807) is 23.0 Å². The summed E-state index contributed by atoms with van der Waals surface area (Å²) in [6.45, 7) is 1.19. The molecule has 0 N–H and O–H groups in total. The van der Waals surface area contributed by atoms with Crippen LogP contribution in [0.4, 0.5) is 4.39 Å². The second-order valence-electron chi connectivity index (χ2n) is 4.61. The van der Waals surface area contributed by atoms with Gasteiger partial charge >= 0.3 is 0 Å². The molecule has 0 bridgehead atoms. The summed E-state index contributed by atoms with van der Waals surface area (Å²) in [6.07, 6.45) is 3.73. The van der Waals surface area contributed by atoms with Gasteiger partial charge in [-0.1, -0.05) is 6.07 Å². The standard InChI is InChI=1S/C14H15FN4/c1-18(8-12-7-17-19(2)9-12)10-13-4-3-11(6-16)5-14(13)15/h3-5,7,9H,8,10H2,1-2H3. The molecule has 0 unspecified atom stereocenters. The SMILES string of the molecule is CN(Cc1cnn(C)c1)Cc1ccc(C#N)cc1F. The molecule has 0 fully saturated rings. The van der Waals surface area contributed by atoms with Gasteiger partial charge in [-0.2, -0.15) is 10.4 Å². The van der Waals surface area contributed by atoms with Crippen molar-refractivity contribution in [1.82, 2.24) is 14.7 Å². The molecule has 0 saturated carbocycles. The molecule has 1 aromatic carbocycles. The fourth-order valence-corrected chi connectivity index (χ4v) is 1.96. The molecule has 0 aliphatic rings. The number of aromatic nitrogens is 2. The average molecular weight is 258 g/mol. The molecule has 0 aliphatic carbocycles. The minimum Gasteiger partial charge on any atom is -0.298 e. The fraction of sp³-hybridized carbons (Fsp3) is 0.286. The number of benzene rings is 1. The summed E-state index contributed by atoms with van der Waals surface area (Å²) in [5.74, 6) is -0.336. The van der Waals surface area contributed by atoms with Crippen molar-refractivity contribution in [2.45, 2.75) is 13.1 Å². The van der Waals surface area contributed by atoms with Gasteiger partial charge in [0.25, 0.3) is 0 Å². The van der Waals surface area contributed by atoms with Crippen LogP contribution >= 0.6 is 0 Å². The lowest BCUT2D eigenvalue weighted by Gasteiger charge is -2.16. The Bertz CT molecular complexity index is 612. The molecule has 0 aliphatic heterocycles. The van der Waals surface area contributed by atoms with Gasteiger partial charge in [0.05, 0.1) is 17.8 Å². The van der Waals surface area contributed by atoms with Gasteiger partial charge in [-0.25, -0.2) is 4.39 Å². The van der Waals surface area contributed by atoms with Crippen LogP contribution in [0.15, 0.2) is 30.6 Å². The molecule has 0 spiro atoms. The number of rotatable bonds is 4. The van der Waals surface area contributed by atoms with E-state index >= 15 is 0 Å². The molecule has 5 heteroatoms. The lowest BCUT2D eigenvalue weighted by atomic mass is 10.1. The van der Waals surface area contributed by atoms with Crippen LogP contribution in [-0.2, 0) is 20.1 Å². The Morgan fingerprint density at radius 1 is 1.42 bits per heavy atom. The normalized spacial score (nSPS) is 10.7. The largest absolute Gasteiger partial charge is 0.298 e. The van der Waals surface area contributed by atoms with E-state index in [-0.39, 0.29) is 5.82 Å². The minimum absolute atomic E-state index is 0.336. The summed E-state index contributed by atoms with van der Waals surface area (Å²) in [6, 6.07) is 6.49. The van der Waals surface area contributed by atoms with Crippen LogP contribution in [-0.4, -0.2) is 21.7 Å².